The summed E-state index contributed by atoms with van der Waals surface area (Å²) in [6.45, 7) is 4.10. The lowest BCUT2D eigenvalue weighted by atomic mass is 10.2. The molecule has 0 amide bonds. The van der Waals surface area contributed by atoms with E-state index >= 15 is 0 Å². The Morgan fingerprint density at radius 3 is 2.67 bits per heavy atom. The molecule has 0 aliphatic rings. The maximum atomic E-state index is 11.7. The van der Waals surface area contributed by atoms with Crippen molar-refractivity contribution in [1.29, 1.82) is 0 Å². The van der Waals surface area contributed by atoms with Crippen molar-refractivity contribution in [2.24, 2.45) is 0 Å². The van der Waals surface area contributed by atoms with Crippen LogP contribution in [0.5, 0.6) is 5.75 Å². The smallest absolute Gasteiger partial charge is 0.338 e. The van der Waals surface area contributed by atoms with Gasteiger partial charge in [-0.25, -0.2) is 4.79 Å². The van der Waals surface area contributed by atoms with Crippen molar-refractivity contribution in [1.82, 2.24) is 0 Å². The molecule has 0 spiro atoms. The molecule has 108 valence electrons. The molecule has 0 saturated heterocycles. The molecular weight excluding hydrogens is 288 g/mol. The van der Waals surface area contributed by atoms with Crippen molar-refractivity contribution >= 4 is 17.6 Å². The average Bonchev–Trinajstić information content (AvgIpc) is 2.52. The fraction of sp³-hybridized carbons (Fsp3) is 0.118. The second-order valence-corrected chi connectivity index (χ2v) is 4.77. The highest BCUT2D eigenvalue weighted by Gasteiger charge is 2.07. The Morgan fingerprint density at radius 2 is 1.95 bits per heavy atom. The summed E-state index contributed by atoms with van der Waals surface area (Å²) in [7, 11) is 0. The van der Waals surface area contributed by atoms with E-state index in [0.717, 1.165) is 5.56 Å². The van der Waals surface area contributed by atoms with Gasteiger partial charge in [-0.15, -0.1) is 0 Å². The summed E-state index contributed by atoms with van der Waals surface area (Å²) >= 11 is 5.83. The van der Waals surface area contributed by atoms with Gasteiger partial charge >= 0.3 is 5.97 Å². The first-order valence-electron chi connectivity index (χ1n) is 6.44. The quantitative estimate of drug-likeness (QED) is 0.591. The molecule has 0 aromatic heterocycles. The monoisotopic (exact) mass is 302 g/mol. The first-order valence-corrected chi connectivity index (χ1v) is 6.82. The van der Waals surface area contributed by atoms with E-state index in [-0.39, 0.29) is 6.61 Å². The number of hydrogen-bond donors (Lipinski definition) is 0. The van der Waals surface area contributed by atoms with Crippen molar-refractivity contribution < 1.29 is 14.3 Å². The zero-order chi connectivity index (χ0) is 15.1. The average molecular weight is 303 g/mol. The zero-order valence-electron chi connectivity index (χ0n) is 11.4. The Bertz CT molecular complexity index is 620. The molecule has 2 rings (SSSR count). The minimum Gasteiger partial charge on any atom is -0.489 e. The second-order valence-electron chi connectivity index (χ2n) is 4.33. The molecule has 2 aromatic rings. The number of carbonyl (C=O) groups excluding carboxylic acids is 1. The van der Waals surface area contributed by atoms with Crippen molar-refractivity contribution in [3.8, 4) is 5.75 Å². The molecular formula is C17H15ClO3. The summed E-state index contributed by atoms with van der Waals surface area (Å²) in [5.41, 5.74) is 1.45. The molecule has 0 bridgehead atoms. The normalized spacial score (nSPS) is 9.95. The maximum Gasteiger partial charge on any atom is 0.338 e. The third kappa shape index (κ3) is 4.65. The third-order valence-electron chi connectivity index (χ3n) is 2.72. The highest BCUT2D eigenvalue weighted by Crippen LogP contribution is 2.17. The summed E-state index contributed by atoms with van der Waals surface area (Å²) in [6, 6.07) is 14.3. The number of benzene rings is 2. The summed E-state index contributed by atoms with van der Waals surface area (Å²) in [4.78, 5) is 11.7. The van der Waals surface area contributed by atoms with Crippen LogP contribution >= 0.6 is 11.6 Å². The van der Waals surface area contributed by atoms with Crippen LogP contribution in [0.1, 0.15) is 15.9 Å². The van der Waals surface area contributed by atoms with Crippen LogP contribution in [0.25, 0.3) is 0 Å². The molecule has 3 nitrogen and oxygen atoms in total. The van der Waals surface area contributed by atoms with Gasteiger partial charge in [0.2, 0.25) is 0 Å². The highest BCUT2D eigenvalue weighted by molar-refractivity contribution is 6.30. The van der Waals surface area contributed by atoms with E-state index in [4.69, 9.17) is 21.1 Å². The lowest BCUT2D eigenvalue weighted by molar-refractivity contribution is 0.0549. The van der Waals surface area contributed by atoms with E-state index < -0.39 is 5.97 Å². The van der Waals surface area contributed by atoms with Crippen LogP contribution < -0.4 is 4.74 Å². The molecule has 0 aliphatic carbocycles. The predicted octanol–water partition coefficient (Wildman–Crippen LogP) is 4.26. The standard InChI is InChI=1S/C17H15ClO3/c1-2-10-20-17(19)14-4-3-5-16(11-14)21-12-13-6-8-15(18)9-7-13/h2-9,11H,1,10,12H2. The van der Waals surface area contributed by atoms with Gasteiger partial charge in [-0.3, -0.25) is 0 Å². The minimum absolute atomic E-state index is 0.189. The summed E-state index contributed by atoms with van der Waals surface area (Å²) in [6.07, 6.45) is 1.53. The van der Waals surface area contributed by atoms with Crippen LogP contribution in [-0.4, -0.2) is 12.6 Å². The first kappa shape index (κ1) is 15.1. The van der Waals surface area contributed by atoms with Gasteiger partial charge in [0.05, 0.1) is 5.56 Å². The van der Waals surface area contributed by atoms with Gasteiger partial charge in [-0.2, -0.15) is 0 Å². The number of rotatable bonds is 6. The molecule has 21 heavy (non-hydrogen) atoms. The fourth-order valence-electron chi connectivity index (χ4n) is 1.68. The Morgan fingerprint density at radius 1 is 1.19 bits per heavy atom. The Labute approximate surface area is 128 Å². The zero-order valence-corrected chi connectivity index (χ0v) is 12.2. The topological polar surface area (TPSA) is 35.5 Å². The van der Waals surface area contributed by atoms with E-state index in [2.05, 4.69) is 6.58 Å². The number of carbonyl (C=O) groups is 1. The molecule has 0 radical (unpaired) electrons. The predicted molar refractivity (Wildman–Crippen MR) is 82.7 cm³/mol. The molecule has 0 atom stereocenters. The van der Waals surface area contributed by atoms with Crippen LogP contribution in [0.2, 0.25) is 5.02 Å². The molecule has 0 aliphatic heterocycles. The van der Waals surface area contributed by atoms with E-state index in [1.165, 1.54) is 6.08 Å². The molecule has 0 N–H and O–H groups in total. The van der Waals surface area contributed by atoms with Gasteiger partial charge in [0, 0.05) is 5.02 Å². The minimum atomic E-state index is -0.396. The molecule has 0 saturated carbocycles. The molecule has 2 aromatic carbocycles. The van der Waals surface area contributed by atoms with Gasteiger partial charge in [0.25, 0.3) is 0 Å². The van der Waals surface area contributed by atoms with Gasteiger partial charge in [0.15, 0.2) is 0 Å². The lowest BCUT2D eigenvalue weighted by Gasteiger charge is -2.08. The summed E-state index contributed by atoms with van der Waals surface area (Å²) < 4.78 is 10.6. The van der Waals surface area contributed by atoms with E-state index in [9.17, 15) is 4.79 Å². The molecule has 4 heteroatoms. The maximum absolute atomic E-state index is 11.7. The van der Waals surface area contributed by atoms with Crippen molar-refractivity contribution in [3.05, 3.63) is 77.3 Å². The van der Waals surface area contributed by atoms with Gasteiger partial charge in [-0.1, -0.05) is 42.5 Å². The van der Waals surface area contributed by atoms with Crippen LogP contribution in [0, 0.1) is 0 Å². The van der Waals surface area contributed by atoms with Crippen molar-refractivity contribution in [2.45, 2.75) is 6.61 Å². The molecule has 0 heterocycles. The number of halogens is 1. The van der Waals surface area contributed by atoms with Gasteiger partial charge < -0.3 is 9.47 Å². The lowest BCUT2D eigenvalue weighted by Crippen LogP contribution is -2.05. The number of esters is 1. The number of hydrogen-bond acceptors (Lipinski definition) is 3. The SMILES string of the molecule is C=CCOC(=O)c1cccc(OCc2ccc(Cl)cc2)c1. The van der Waals surface area contributed by atoms with Crippen LogP contribution in [-0.2, 0) is 11.3 Å². The van der Waals surface area contributed by atoms with Crippen molar-refractivity contribution in [2.75, 3.05) is 6.61 Å². The third-order valence-corrected chi connectivity index (χ3v) is 2.97. The molecule has 0 unspecified atom stereocenters. The van der Waals surface area contributed by atoms with E-state index in [0.29, 0.717) is 22.9 Å². The van der Waals surface area contributed by atoms with E-state index in [1.54, 1.807) is 24.3 Å². The molecule has 0 fully saturated rings. The van der Waals surface area contributed by atoms with Gasteiger partial charge in [0.1, 0.15) is 19.0 Å². The Kier molecular flexibility index (Phi) is 5.41. The fourth-order valence-corrected chi connectivity index (χ4v) is 1.80. The van der Waals surface area contributed by atoms with Crippen LogP contribution in [0.4, 0.5) is 0 Å². The Balaban J connectivity index is 1.99. The summed E-state index contributed by atoms with van der Waals surface area (Å²) in [5.74, 6) is 0.213. The first-order chi connectivity index (χ1) is 10.2. The van der Waals surface area contributed by atoms with Crippen molar-refractivity contribution in [3.63, 3.8) is 0 Å². The van der Waals surface area contributed by atoms with Gasteiger partial charge in [-0.05, 0) is 35.9 Å². The summed E-state index contributed by atoms with van der Waals surface area (Å²) in [5, 5.41) is 0.686. The largest absolute Gasteiger partial charge is 0.489 e. The highest BCUT2D eigenvalue weighted by atomic mass is 35.5. The second kappa shape index (κ2) is 7.50. The van der Waals surface area contributed by atoms with Crippen LogP contribution in [0.3, 0.4) is 0 Å². The Hall–Kier alpha value is -2.26. The van der Waals surface area contributed by atoms with E-state index in [1.807, 2.05) is 24.3 Å². The number of ether oxygens (including phenoxy) is 2. The van der Waals surface area contributed by atoms with Crippen LogP contribution in [0.15, 0.2) is 61.2 Å².